The molecule has 6 rings (SSSR count). The van der Waals surface area contributed by atoms with Crippen LogP contribution < -0.4 is 0 Å². The van der Waals surface area contributed by atoms with E-state index in [1.807, 2.05) is 0 Å². The molecule has 2 heterocycles. The number of carbonyl (C=O) groups is 2. The van der Waals surface area contributed by atoms with Crippen molar-refractivity contribution in [2.24, 2.45) is 29.1 Å². The van der Waals surface area contributed by atoms with Gasteiger partial charge < -0.3 is 9.26 Å². The molecule has 0 N–H and O–H groups in total. The lowest BCUT2D eigenvalue weighted by Gasteiger charge is -2.56. The Hall–Kier alpha value is -1.74. The van der Waals surface area contributed by atoms with Gasteiger partial charge in [0, 0.05) is 18.5 Å². The van der Waals surface area contributed by atoms with Crippen LogP contribution in [0.5, 0.6) is 0 Å². The largest absolute Gasteiger partial charge is 0.454 e. The normalized spacial score (nSPS) is 34.9. The van der Waals surface area contributed by atoms with Gasteiger partial charge in [0.05, 0.1) is 5.92 Å². The molecule has 8 nitrogen and oxygen atoms in total. The maximum Gasteiger partial charge on any atom is 0.310 e. The molecule has 0 spiro atoms. The number of hydrogen-bond acceptors (Lipinski definition) is 7. The molecule has 0 amide bonds. The summed E-state index contributed by atoms with van der Waals surface area (Å²) in [7, 11) is -3.82. The number of piperidine rings is 1. The number of aromatic nitrogens is 1. The van der Waals surface area contributed by atoms with Gasteiger partial charge in [-0.2, -0.15) is 4.31 Å². The minimum absolute atomic E-state index is 0.0451. The average Bonchev–Trinajstić information content (AvgIpc) is 3.11. The van der Waals surface area contributed by atoms with Gasteiger partial charge in [-0.1, -0.05) is 5.16 Å². The molecule has 2 atom stereocenters. The van der Waals surface area contributed by atoms with Crippen molar-refractivity contribution in [2.75, 3.05) is 13.1 Å². The van der Waals surface area contributed by atoms with Gasteiger partial charge in [-0.15, -0.1) is 0 Å². The Labute approximate surface area is 195 Å². The van der Waals surface area contributed by atoms with Crippen molar-refractivity contribution in [1.82, 2.24) is 9.46 Å². The topological polar surface area (TPSA) is 107 Å². The highest BCUT2D eigenvalue weighted by atomic mass is 32.2. The van der Waals surface area contributed by atoms with Gasteiger partial charge >= 0.3 is 5.97 Å². The van der Waals surface area contributed by atoms with E-state index in [4.69, 9.17) is 9.26 Å². The first kappa shape index (κ1) is 23.0. The molecule has 5 aliphatic rings. The van der Waals surface area contributed by atoms with Crippen molar-refractivity contribution >= 4 is 21.8 Å². The number of aryl methyl sites for hydroxylation is 2. The summed E-state index contributed by atoms with van der Waals surface area (Å²) in [6, 6.07) is 0. The lowest BCUT2D eigenvalue weighted by molar-refractivity contribution is -0.168. The van der Waals surface area contributed by atoms with Crippen LogP contribution in [0.1, 0.15) is 69.7 Å². The Morgan fingerprint density at radius 1 is 1.12 bits per heavy atom. The summed E-state index contributed by atoms with van der Waals surface area (Å²) in [5.74, 6) is 1.19. The summed E-state index contributed by atoms with van der Waals surface area (Å²) in [5.41, 5.74) is -0.00769. The molecule has 1 aliphatic heterocycles. The SMILES string of the molecule is Cc1noc(C)c1S(=O)(=O)N1CCCC(C(=O)OC(C)C(=O)C23CC4CC(CC(C4)C2)C3)C1. The van der Waals surface area contributed by atoms with Crippen LogP contribution >= 0.6 is 0 Å². The monoisotopic (exact) mass is 478 g/mol. The molecule has 1 saturated heterocycles. The number of sulfonamides is 1. The fourth-order valence-corrected chi connectivity index (χ4v) is 9.31. The van der Waals surface area contributed by atoms with Crippen molar-refractivity contribution in [3.8, 4) is 0 Å². The Balaban J connectivity index is 1.25. The van der Waals surface area contributed by atoms with Gasteiger partial charge in [-0.05, 0) is 89.9 Å². The Bertz CT molecular complexity index is 1010. The van der Waals surface area contributed by atoms with Gasteiger partial charge in [0.25, 0.3) is 0 Å². The van der Waals surface area contributed by atoms with Gasteiger partial charge in [0.1, 0.15) is 10.6 Å². The summed E-state index contributed by atoms with van der Waals surface area (Å²) < 4.78 is 38.4. The van der Waals surface area contributed by atoms with E-state index < -0.39 is 28.0 Å². The van der Waals surface area contributed by atoms with E-state index in [0.29, 0.717) is 42.8 Å². The van der Waals surface area contributed by atoms with Crippen molar-refractivity contribution in [1.29, 1.82) is 0 Å². The standard InChI is InChI=1S/C24H34N2O6S/c1-14-21(15(2)32-25-14)33(29,30)26-6-4-5-20(13-26)23(28)31-16(3)22(27)24-10-17-7-18(11-24)9-19(8-17)12-24/h16-20H,4-13H2,1-3H3. The second-order valence-electron chi connectivity index (χ2n) is 11.0. The molecule has 1 aromatic rings. The first-order valence-electron chi connectivity index (χ1n) is 12.3. The van der Waals surface area contributed by atoms with E-state index in [1.165, 1.54) is 23.6 Å². The molecular formula is C24H34N2O6S. The molecule has 33 heavy (non-hydrogen) atoms. The molecule has 4 saturated carbocycles. The number of Topliss-reactive ketones (excluding diaryl/α,β-unsaturated/α-hetero) is 1. The van der Waals surface area contributed by atoms with Gasteiger partial charge in [0.15, 0.2) is 17.6 Å². The fraction of sp³-hybridized carbons (Fsp3) is 0.792. The van der Waals surface area contributed by atoms with Crippen molar-refractivity contribution in [3.63, 3.8) is 0 Å². The Kier molecular flexibility index (Phi) is 5.71. The van der Waals surface area contributed by atoms with Crippen LogP contribution in [0.15, 0.2) is 9.42 Å². The molecule has 4 aliphatic carbocycles. The van der Waals surface area contributed by atoms with Crippen molar-refractivity contribution < 1.29 is 27.3 Å². The van der Waals surface area contributed by atoms with Crippen LogP contribution in [0.4, 0.5) is 0 Å². The van der Waals surface area contributed by atoms with E-state index in [0.717, 1.165) is 19.3 Å². The summed E-state index contributed by atoms with van der Waals surface area (Å²) in [5, 5.41) is 3.76. The number of hydrogen-bond donors (Lipinski definition) is 0. The lowest BCUT2D eigenvalue weighted by atomic mass is 9.48. The predicted molar refractivity (Wildman–Crippen MR) is 119 cm³/mol. The van der Waals surface area contributed by atoms with E-state index in [-0.39, 0.29) is 28.4 Å². The minimum atomic E-state index is -3.82. The van der Waals surface area contributed by atoms with Gasteiger partial charge in [-0.3, -0.25) is 9.59 Å². The fourth-order valence-electron chi connectivity index (χ4n) is 7.49. The third-order valence-corrected chi connectivity index (χ3v) is 10.6. The van der Waals surface area contributed by atoms with Crippen LogP contribution in [0.3, 0.4) is 0 Å². The highest BCUT2D eigenvalue weighted by molar-refractivity contribution is 7.89. The molecule has 5 fully saturated rings. The van der Waals surface area contributed by atoms with Crippen molar-refractivity contribution in [3.05, 3.63) is 11.5 Å². The highest BCUT2D eigenvalue weighted by Gasteiger charge is 2.55. The zero-order chi connectivity index (χ0) is 23.5. The molecule has 4 bridgehead atoms. The molecule has 9 heteroatoms. The first-order chi connectivity index (χ1) is 15.6. The third-order valence-electron chi connectivity index (χ3n) is 8.51. The van der Waals surface area contributed by atoms with E-state index in [2.05, 4.69) is 5.16 Å². The molecular weight excluding hydrogens is 444 g/mol. The van der Waals surface area contributed by atoms with E-state index >= 15 is 0 Å². The smallest absolute Gasteiger partial charge is 0.310 e. The minimum Gasteiger partial charge on any atom is -0.454 e. The number of rotatable bonds is 6. The summed E-state index contributed by atoms with van der Waals surface area (Å²) in [4.78, 5) is 26.5. The number of carbonyl (C=O) groups excluding carboxylic acids is 2. The van der Waals surface area contributed by atoms with E-state index in [9.17, 15) is 18.0 Å². The van der Waals surface area contributed by atoms with Crippen molar-refractivity contribution in [2.45, 2.75) is 83.1 Å². The summed E-state index contributed by atoms with van der Waals surface area (Å²) in [6.45, 7) is 5.23. The zero-order valence-corrected chi connectivity index (χ0v) is 20.5. The lowest BCUT2D eigenvalue weighted by Crippen LogP contribution is -2.53. The van der Waals surface area contributed by atoms with Crippen LogP contribution in [0.25, 0.3) is 0 Å². The maximum absolute atomic E-state index is 13.5. The van der Waals surface area contributed by atoms with Crippen LogP contribution in [-0.2, 0) is 24.3 Å². The molecule has 1 aromatic heterocycles. The second kappa shape index (κ2) is 8.18. The number of ether oxygens (including phenoxy) is 1. The van der Waals surface area contributed by atoms with Crippen LogP contribution in [0.2, 0.25) is 0 Å². The molecule has 0 aromatic carbocycles. The summed E-state index contributed by atoms with van der Waals surface area (Å²) in [6.07, 6.45) is 6.87. The van der Waals surface area contributed by atoms with Crippen LogP contribution in [0, 0.1) is 42.9 Å². The Morgan fingerprint density at radius 3 is 2.27 bits per heavy atom. The quantitative estimate of drug-likeness (QED) is 0.577. The molecule has 0 radical (unpaired) electrons. The summed E-state index contributed by atoms with van der Waals surface area (Å²) >= 11 is 0. The van der Waals surface area contributed by atoms with Gasteiger partial charge in [0.2, 0.25) is 10.0 Å². The number of nitrogens with zero attached hydrogens (tertiary/aromatic N) is 2. The van der Waals surface area contributed by atoms with Gasteiger partial charge in [-0.25, -0.2) is 8.42 Å². The average molecular weight is 479 g/mol. The zero-order valence-electron chi connectivity index (χ0n) is 19.7. The highest BCUT2D eigenvalue weighted by Crippen LogP contribution is 2.60. The Morgan fingerprint density at radius 2 is 1.73 bits per heavy atom. The number of ketones is 1. The maximum atomic E-state index is 13.5. The first-order valence-corrected chi connectivity index (χ1v) is 13.7. The molecule has 2 unspecified atom stereocenters. The number of esters is 1. The third kappa shape index (κ3) is 3.95. The predicted octanol–water partition coefficient (Wildman–Crippen LogP) is 3.41. The second-order valence-corrected chi connectivity index (χ2v) is 12.9. The molecule has 182 valence electrons. The van der Waals surface area contributed by atoms with E-state index in [1.54, 1.807) is 20.8 Å². The van der Waals surface area contributed by atoms with Crippen LogP contribution in [-0.4, -0.2) is 48.8 Å².